The Morgan fingerprint density at radius 1 is 1.29 bits per heavy atom. The zero-order chi connectivity index (χ0) is 15.1. The van der Waals surface area contributed by atoms with E-state index in [1.807, 2.05) is 25.2 Å². The van der Waals surface area contributed by atoms with Crippen LogP contribution in [0.5, 0.6) is 0 Å². The Morgan fingerprint density at radius 2 is 2.00 bits per heavy atom. The van der Waals surface area contributed by atoms with Crippen LogP contribution in [-0.4, -0.2) is 42.8 Å². The van der Waals surface area contributed by atoms with Crippen LogP contribution in [0.15, 0.2) is 24.3 Å². The molecule has 1 atom stereocenters. The van der Waals surface area contributed by atoms with Gasteiger partial charge in [-0.05, 0) is 37.9 Å². The van der Waals surface area contributed by atoms with Gasteiger partial charge in [0.25, 0.3) is 0 Å². The van der Waals surface area contributed by atoms with Gasteiger partial charge in [0.05, 0.1) is 6.61 Å². The van der Waals surface area contributed by atoms with Crippen molar-refractivity contribution < 1.29 is 5.11 Å². The summed E-state index contributed by atoms with van der Waals surface area (Å²) < 4.78 is 0. The molecule has 2 rings (SSSR count). The summed E-state index contributed by atoms with van der Waals surface area (Å²) in [6, 6.07) is 8.96. The molecule has 1 unspecified atom stereocenters. The van der Waals surface area contributed by atoms with Crippen LogP contribution in [0.25, 0.3) is 0 Å². The van der Waals surface area contributed by atoms with Crippen molar-refractivity contribution in [2.45, 2.75) is 44.2 Å². The lowest BCUT2D eigenvalue weighted by Crippen LogP contribution is -2.37. The van der Waals surface area contributed by atoms with Gasteiger partial charge in [0.1, 0.15) is 0 Å². The molecule has 2 N–H and O–H groups in total. The van der Waals surface area contributed by atoms with Crippen molar-refractivity contribution >= 4 is 11.6 Å². The summed E-state index contributed by atoms with van der Waals surface area (Å²) in [5.41, 5.74) is 1.16. The third-order valence-corrected chi connectivity index (χ3v) is 4.91. The van der Waals surface area contributed by atoms with E-state index >= 15 is 0 Å². The molecule has 118 valence electrons. The van der Waals surface area contributed by atoms with Crippen LogP contribution in [0.3, 0.4) is 0 Å². The molecule has 4 heteroatoms. The molecule has 1 aliphatic rings. The molecule has 0 aromatic heterocycles. The summed E-state index contributed by atoms with van der Waals surface area (Å²) >= 11 is 6.31. The van der Waals surface area contributed by atoms with Crippen molar-refractivity contribution in [1.82, 2.24) is 10.2 Å². The number of hydrogen-bond donors (Lipinski definition) is 2. The first-order valence-corrected chi connectivity index (χ1v) is 8.40. The highest BCUT2D eigenvalue weighted by atomic mass is 35.5. The highest BCUT2D eigenvalue weighted by Gasteiger charge is 2.23. The average molecular weight is 311 g/mol. The monoisotopic (exact) mass is 310 g/mol. The van der Waals surface area contributed by atoms with Crippen molar-refractivity contribution in [2.24, 2.45) is 0 Å². The third kappa shape index (κ3) is 4.68. The summed E-state index contributed by atoms with van der Waals surface area (Å²) in [7, 11) is 1.99. The van der Waals surface area contributed by atoms with Crippen LogP contribution >= 0.6 is 11.6 Å². The normalized spacial score (nSPS) is 17.5. The van der Waals surface area contributed by atoms with Crippen molar-refractivity contribution in [3.63, 3.8) is 0 Å². The molecule has 0 amide bonds. The molecule has 1 aliphatic carbocycles. The standard InChI is InChI=1S/C17H27ClN2O/c1-19-17(15-8-4-5-9-16(15)18)10-11-20(12-13-21)14-6-2-3-7-14/h4-5,8-9,14,17,19,21H,2-3,6-7,10-13H2,1H3. The van der Waals surface area contributed by atoms with Crippen LogP contribution in [0.1, 0.15) is 43.7 Å². The Morgan fingerprint density at radius 3 is 2.62 bits per heavy atom. The average Bonchev–Trinajstić information content (AvgIpc) is 3.02. The number of benzene rings is 1. The first-order chi connectivity index (χ1) is 10.3. The van der Waals surface area contributed by atoms with Crippen molar-refractivity contribution in [2.75, 3.05) is 26.7 Å². The van der Waals surface area contributed by atoms with E-state index < -0.39 is 0 Å². The van der Waals surface area contributed by atoms with Crippen LogP contribution in [0.2, 0.25) is 5.02 Å². The number of aliphatic hydroxyl groups excluding tert-OH is 1. The van der Waals surface area contributed by atoms with Gasteiger partial charge >= 0.3 is 0 Å². The number of aliphatic hydroxyl groups is 1. The maximum atomic E-state index is 9.30. The first-order valence-electron chi connectivity index (χ1n) is 8.03. The smallest absolute Gasteiger partial charge is 0.0558 e. The molecule has 0 spiro atoms. The number of rotatable bonds is 8. The fourth-order valence-electron chi connectivity index (χ4n) is 3.38. The zero-order valence-electron chi connectivity index (χ0n) is 12.9. The third-order valence-electron chi connectivity index (χ3n) is 4.56. The van der Waals surface area contributed by atoms with E-state index in [4.69, 9.17) is 11.6 Å². The Balaban J connectivity index is 1.95. The van der Waals surface area contributed by atoms with Gasteiger partial charge in [-0.15, -0.1) is 0 Å². The van der Waals surface area contributed by atoms with Gasteiger partial charge in [-0.2, -0.15) is 0 Å². The minimum absolute atomic E-state index is 0.243. The minimum atomic E-state index is 0.243. The van der Waals surface area contributed by atoms with Gasteiger partial charge in [-0.25, -0.2) is 0 Å². The predicted octanol–water partition coefficient (Wildman–Crippen LogP) is 3.23. The molecule has 0 saturated heterocycles. The predicted molar refractivity (Wildman–Crippen MR) is 88.8 cm³/mol. The van der Waals surface area contributed by atoms with E-state index in [1.165, 1.54) is 25.7 Å². The van der Waals surface area contributed by atoms with Gasteiger partial charge < -0.3 is 10.4 Å². The fraction of sp³-hybridized carbons (Fsp3) is 0.647. The van der Waals surface area contributed by atoms with E-state index in [9.17, 15) is 5.11 Å². The van der Waals surface area contributed by atoms with Crippen LogP contribution < -0.4 is 5.32 Å². The van der Waals surface area contributed by atoms with Gasteiger partial charge in [-0.3, -0.25) is 4.90 Å². The second kappa shape index (κ2) is 8.74. The van der Waals surface area contributed by atoms with Crippen LogP contribution in [0.4, 0.5) is 0 Å². The molecule has 21 heavy (non-hydrogen) atoms. The maximum absolute atomic E-state index is 9.30. The van der Waals surface area contributed by atoms with Crippen molar-refractivity contribution in [1.29, 1.82) is 0 Å². The minimum Gasteiger partial charge on any atom is -0.395 e. The maximum Gasteiger partial charge on any atom is 0.0558 e. The number of halogens is 1. The highest BCUT2D eigenvalue weighted by molar-refractivity contribution is 6.31. The first kappa shape index (κ1) is 16.8. The lowest BCUT2D eigenvalue weighted by molar-refractivity contribution is 0.146. The molecular weight excluding hydrogens is 284 g/mol. The van der Waals surface area contributed by atoms with E-state index in [0.717, 1.165) is 30.1 Å². The number of nitrogens with zero attached hydrogens (tertiary/aromatic N) is 1. The molecule has 1 aromatic rings. The summed E-state index contributed by atoms with van der Waals surface area (Å²) in [6.45, 7) is 2.03. The SMILES string of the molecule is CNC(CCN(CCO)C1CCCC1)c1ccccc1Cl. The topological polar surface area (TPSA) is 35.5 Å². The van der Waals surface area contributed by atoms with Crippen molar-refractivity contribution in [3.8, 4) is 0 Å². The summed E-state index contributed by atoms with van der Waals surface area (Å²) in [5.74, 6) is 0. The van der Waals surface area contributed by atoms with Gasteiger partial charge in [0.15, 0.2) is 0 Å². The Labute approximate surface area is 133 Å². The fourth-order valence-corrected chi connectivity index (χ4v) is 3.65. The molecule has 1 fully saturated rings. The molecule has 0 radical (unpaired) electrons. The second-order valence-electron chi connectivity index (χ2n) is 5.85. The summed E-state index contributed by atoms with van der Waals surface area (Å²) in [4.78, 5) is 2.45. The van der Waals surface area contributed by atoms with Gasteiger partial charge in [-0.1, -0.05) is 42.6 Å². The quantitative estimate of drug-likeness (QED) is 0.774. The Hall–Kier alpha value is -0.610. The zero-order valence-corrected chi connectivity index (χ0v) is 13.6. The summed E-state index contributed by atoms with van der Waals surface area (Å²) in [6.07, 6.45) is 6.21. The number of nitrogens with one attached hydrogen (secondary N) is 1. The van der Waals surface area contributed by atoms with E-state index in [1.54, 1.807) is 0 Å². The van der Waals surface area contributed by atoms with Gasteiger partial charge in [0.2, 0.25) is 0 Å². The van der Waals surface area contributed by atoms with Crippen molar-refractivity contribution in [3.05, 3.63) is 34.9 Å². The molecular formula is C17H27ClN2O. The molecule has 1 aromatic carbocycles. The molecule has 0 aliphatic heterocycles. The summed E-state index contributed by atoms with van der Waals surface area (Å²) in [5, 5.41) is 13.5. The Bertz CT molecular complexity index is 421. The van der Waals surface area contributed by atoms with E-state index in [2.05, 4.69) is 16.3 Å². The molecule has 0 bridgehead atoms. The second-order valence-corrected chi connectivity index (χ2v) is 6.26. The highest BCUT2D eigenvalue weighted by Crippen LogP contribution is 2.27. The largest absolute Gasteiger partial charge is 0.395 e. The number of hydrogen-bond acceptors (Lipinski definition) is 3. The Kier molecular flexibility index (Phi) is 6.97. The van der Waals surface area contributed by atoms with Crippen LogP contribution in [-0.2, 0) is 0 Å². The molecule has 0 heterocycles. The lowest BCUT2D eigenvalue weighted by Gasteiger charge is -2.30. The van der Waals surface area contributed by atoms with Crippen LogP contribution in [0, 0.1) is 0 Å². The molecule has 1 saturated carbocycles. The lowest BCUT2D eigenvalue weighted by atomic mass is 10.0. The van der Waals surface area contributed by atoms with E-state index in [0.29, 0.717) is 6.04 Å². The van der Waals surface area contributed by atoms with Gasteiger partial charge in [0, 0.05) is 30.2 Å². The molecule has 3 nitrogen and oxygen atoms in total. The van der Waals surface area contributed by atoms with E-state index in [-0.39, 0.29) is 12.6 Å².